The summed E-state index contributed by atoms with van der Waals surface area (Å²) in [4.78, 5) is 0. The maximum absolute atomic E-state index is 6.06. The van der Waals surface area contributed by atoms with Crippen molar-refractivity contribution in [2.75, 3.05) is 13.7 Å². The smallest absolute Gasteiger partial charge is 0.0462 e. The highest BCUT2D eigenvalue weighted by molar-refractivity contribution is 6.33. The normalized spacial score (nSPS) is 12.8. The Morgan fingerprint density at radius 3 is 2.81 bits per heavy atom. The highest BCUT2D eigenvalue weighted by Crippen LogP contribution is 2.22. The van der Waals surface area contributed by atoms with Crippen LogP contribution < -0.4 is 5.73 Å². The van der Waals surface area contributed by atoms with Gasteiger partial charge < -0.3 is 10.5 Å². The molecule has 0 aliphatic carbocycles. The number of hydrogen-bond donors (Lipinski definition) is 1. The molecular formula is C12H17Cl2NO. The maximum Gasteiger partial charge on any atom is 0.0462 e. The van der Waals surface area contributed by atoms with Gasteiger partial charge in [0.15, 0.2) is 0 Å². The first-order valence-corrected chi connectivity index (χ1v) is 6.07. The number of rotatable bonds is 6. The van der Waals surface area contributed by atoms with E-state index in [9.17, 15) is 0 Å². The van der Waals surface area contributed by atoms with E-state index in [1.165, 1.54) is 0 Å². The first-order chi connectivity index (χ1) is 7.63. The quantitative estimate of drug-likeness (QED) is 0.798. The Morgan fingerprint density at radius 1 is 1.38 bits per heavy atom. The molecule has 0 aliphatic rings. The van der Waals surface area contributed by atoms with Crippen LogP contribution in [-0.4, -0.2) is 19.8 Å². The summed E-state index contributed by atoms with van der Waals surface area (Å²) in [6.45, 7) is 0.747. The van der Waals surface area contributed by atoms with Crippen LogP contribution in [0, 0.1) is 0 Å². The van der Waals surface area contributed by atoms with Crippen LogP contribution in [-0.2, 0) is 11.2 Å². The molecule has 0 heterocycles. The summed E-state index contributed by atoms with van der Waals surface area (Å²) in [6.07, 6.45) is 2.65. The van der Waals surface area contributed by atoms with E-state index in [4.69, 9.17) is 33.7 Å². The predicted molar refractivity (Wildman–Crippen MR) is 69.3 cm³/mol. The summed E-state index contributed by atoms with van der Waals surface area (Å²) in [6, 6.07) is 5.57. The second-order valence-electron chi connectivity index (χ2n) is 3.83. The molecule has 0 saturated heterocycles. The average Bonchev–Trinajstić information content (AvgIpc) is 2.24. The molecule has 0 fully saturated rings. The largest absolute Gasteiger partial charge is 0.385 e. The van der Waals surface area contributed by atoms with Crippen molar-refractivity contribution >= 4 is 23.2 Å². The summed E-state index contributed by atoms with van der Waals surface area (Å²) < 4.78 is 4.98. The number of ether oxygens (including phenoxy) is 1. The fourth-order valence-electron chi connectivity index (χ4n) is 1.57. The lowest BCUT2D eigenvalue weighted by Gasteiger charge is -2.12. The fourth-order valence-corrected chi connectivity index (χ4v) is 1.96. The van der Waals surface area contributed by atoms with Crippen LogP contribution in [0.5, 0.6) is 0 Å². The van der Waals surface area contributed by atoms with Crippen LogP contribution in [0.15, 0.2) is 18.2 Å². The standard InChI is InChI=1S/C12H17Cl2NO/c1-16-6-2-3-11(15)8-9-7-10(13)4-5-12(9)14/h4-5,7,11H,2-3,6,8,15H2,1H3. The molecule has 0 saturated carbocycles. The zero-order valence-electron chi connectivity index (χ0n) is 9.38. The minimum atomic E-state index is 0.103. The summed E-state index contributed by atoms with van der Waals surface area (Å²) in [5.74, 6) is 0. The highest BCUT2D eigenvalue weighted by Gasteiger charge is 2.07. The molecule has 0 aromatic heterocycles. The molecular weight excluding hydrogens is 245 g/mol. The lowest BCUT2D eigenvalue weighted by molar-refractivity contribution is 0.190. The lowest BCUT2D eigenvalue weighted by Crippen LogP contribution is -2.23. The minimum absolute atomic E-state index is 0.103. The van der Waals surface area contributed by atoms with E-state index in [0.29, 0.717) is 5.02 Å². The second kappa shape index (κ2) is 7.13. The SMILES string of the molecule is COCCCC(N)Cc1cc(Cl)ccc1Cl. The third kappa shape index (κ3) is 4.71. The van der Waals surface area contributed by atoms with Crippen molar-refractivity contribution in [2.45, 2.75) is 25.3 Å². The van der Waals surface area contributed by atoms with Gasteiger partial charge in [-0.05, 0) is 43.0 Å². The van der Waals surface area contributed by atoms with E-state index in [-0.39, 0.29) is 6.04 Å². The van der Waals surface area contributed by atoms with Crippen LogP contribution in [0.2, 0.25) is 10.0 Å². The Morgan fingerprint density at radius 2 is 2.12 bits per heavy atom. The van der Waals surface area contributed by atoms with E-state index in [0.717, 1.165) is 36.5 Å². The molecule has 0 bridgehead atoms. The summed E-state index contributed by atoms with van der Waals surface area (Å²) in [5.41, 5.74) is 7.02. The van der Waals surface area contributed by atoms with Crippen molar-refractivity contribution in [3.8, 4) is 0 Å². The number of benzene rings is 1. The van der Waals surface area contributed by atoms with Crippen molar-refractivity contribution in [2.24, 2.45) is 5.73 Å². The number of halogens is 2. The molecule has 0 amide bonds. The third-order valence-corrected chi connectivity index (χ3v) is 3.02. The van der Waals surface area contributed by atoms with Gasteiger partial charge in [0.1, 0.15) is 0 Å². The molecule has 1 aromatic rings. The number of nitrogens with two attached hydrogens (primary N) is 1. The second-order valence-corrected chi connectivity index (χ2v) is 4.68. The summed E-state index contributed by atoms with van der Waals surface area (Å²) >= 11 is 12.0. The van der Waals surface area contributed by atoms with Gasteiger partial charge in [-0.25, -0.2) is 0 Å². The number of methoxy groups -OCH3 is 1. The first-order valence-electron chi connectivity index (χ1n) is 5.32. The molecule has 0 spiro atoms. The molecule has 1 rings (SSSR count). The maximum atomic E-state index is 6.06. The Kier molecular flexibility index (Phi) is 6.14. The van der Waals surface area contributed by atoms with Gasteiger partial charge in [-0.15, -0.1) is 0 Å². The predicted octanol–water partition coefficient (Wildman–Crippen LogP) is 3.29. The molecule has 2 N–H and O–H groups in total. The van der Waals surface area contributed by atoms with Gasteiger partial charge in [0, 0.05) is 29.8 Å². The van der Waals surface area contributed by atoms with Crippen LogP contribution in [0.25, 0.3) is 0 Å². The van der Waals surface area contributed by atoms with Crippen molar-refractivity contribution < 1.29 is 4.74 Å². The molecule has 0 aliphatic heterocycles. The Balaban J connectivity index is 2.48. The van der Waals surface area contributed by atoms with Gasteiger partial charge in [-0.1, -0.05) is 23.2 Å². The molecule has 1 atom stereocenters. The first kappa shape index (κ1) is 13.8. The minimum Gasteiger partial charge on any atom is -0.385 e. The van der Waals surface area contributed by atoms with Crippen LogP contribution in [0.4, 0.5) is 0 Å². The van der Waals surface area contributed by atoms with Crippen molar-refractivity contribution in [1.82, 2.24) is 0 Å². The molecule has 1 aromatic carbocycles. The van der Waals surface area contributed by atoms with Gasteiger partial charge in [0.25, 0.3) is 0 Å². The van der Waals surface area contributed by atoms with Crippen LogP contribution in [0.1, 0.15) is 18.4 Å². The fraction of sp³-hybridized carbons (Fsp3) is 0.500. The van der Waals surface area contributed by atoms with Gasteiger partial charge in [-0.2, -0.15) is 0 Å². The monoisotopic (exact) mass is 261 g/mol. The van der Waals surface area contributed by atoms with E-state index >= 15 is 0 Å². The molecule has 16 heavy (non-hydrogen) atoms. The topological polar surface area (TPSA) is 35.2 Å². The van der Waals surface area contributed by atoms with Crippen LogP contribution >= 0.6 is 23.2 Å². The lowest BCUT2D eigenvalue weighted by atomic mass is 10.0. The van der Waals surface area contributed by atoms with E-state index < -0.39 is 0 Å². The zero-order valence-corrected chi connectivity index (χ0v) is 10.9. The zero-order chi connectivity index (χ0) is 12.0. The van der Waals surface area contributed by atoms with Crippen molar-refractivity contribution in [1.29, 1.82) is 0 Å². The van der Waals surface area contributed by atoms with Gasteiger partial charge >= 0.3 is 0 Å². The van der Waals surface area contributed by atoms with E-state index in [1.807, 2.05) is 6.07 Å². The van der Waals surface area contributed by atoms with E-state index in [1.54, 1.807) is 19.2 Å². The molecule has 0 radical (unpaired) electrons. The molecule has 4 heteroatoms. The van der Waals surface area contributed by atoms with Crippen molar-refractivity contribution in [3.63, 3.8) is 0 Å². The Labute approximate surface area is 107 Å². The third-order valence-electron chi connectivity index (χ3n) is 2.41. The summed E-state index contributed by atoms with van der Waals surface area (Å²) in [5, 5.41) is 1.43. The molecule has 2 nitrogen and oxygen atoms in total. The summed E-state index contributed by atoms with van der Waals surface area (Å²) in [7, 11) is 1.69. The van der Waals surface area contributed by atoms with Gasteiger partial charge in [0.05, 0.1) is 0 Å². The average molecular weight is 262 g/mol. The van der Waals surface area contributed by atoms with Crippen molar-refractivity contribution in [3.05, 3.63) is 33.8 Å². The Hall–Kier alpha value is -0.280. The van der Waals surface area contributed by atoms with Crippen LogP contribution in [0.3, 0.4) is 0 Å². The number of hydrogen-bond acceptors (Lipinski definition) is 2. The Bertz CT molecular complexity index is 331. The molecule has 90 valence electrons. The van der Waals surface area contributed by atoms with Gasteiger partial charge in [-0.3, -0.25) is 0 Å². The molecule has 1 unspecified atom stereocenters. The highest BCUT2D eigenvalue weighted by atomic mass is 35.5. The van der Waals surface area contributed by atoms with E-state index in [2.05, 4.69) is 0 Å². The van der Waals surface area contributed by atoms with Gasteiger partial charge in [0.2, 0.25) is 0 Å².